The maximum atomic E-state index is 12.6. The number of rotatable bonds is 4. The molecule has 1 fully saturated rings. The standard InChI is InChI=1S/C20H25NO4/c1-12(2)16-10-17-15(11-25-18(17)8-13(16)3)9-19(22)21-6-4-14(5-7-21)20(23)24/h8,10-12,14H,4-7,9H2,1-3H3,(H,23,24). The Labute approximate surface area is 147 Å². The average molecular weight is 343 g/mol. The minimum absolute atomic E-state index is 0.0400. The second kappa shape index (κ2) is 6.90. The van der Waals surface area contributed by atoms with Crippen molar-refractivity contribution in [3.63, 3.8) is 0 Å². The molecule has 1 N–H and O–H groups in total. The summed E-state index contributed by atoms with van der Waals surface area (Å²) in [5.41, 5.74) is 4.19. The van der Waals surface area contributed by atoms with Gasteiger partial charge in [0, 0.05) is 24.0 Å². The smallest absolute Gasteiger partial charge is 0.306 e. The Morgan fingerprint density at radius 1 is 1.28 bits per heavy atom. The molecule has 1 aromatic carbocycles. The lowest BCUT2D eigenvalue weighted by atomic mass is 9.94. The van der Waals surface area contributed by atoms with E-state index in [0.29, 0.717) is 38.3 Å². The van der Waals surface area contributed by atoms with Crippen LogP contribution >= 0.6 is 0 Å². The lowest BCUT2D eigenvalue weighted by molar-refractivity contribution is -0.145. The highest BCUT2D eigenvalue weighted by Crippen LogP contribution is 2.29. The van der Waals surface area contributed by atoms with Crippen molar-refractivity contribution in [1.82, 2.24) is 4.90 Å². The molecule has 2 heterocycles. The zero-order valence-corrected chi connectivity index (χ0v) is 15.0. The normalized spacial score (nSPS) is 15.9. The van der Waals surface area contributed by atoms with E-state index in [-0.39, 0.29) is 11.8 Å². The van der Waals surface area contributed by atoms with Gasteiger partial charge in [0.05, 0.1) is 18.6 Å². The lowest BCUT2D eigenvalue weighted by Gasteiger charge is -2.30. The van der Waals surface area contributed by atoms with Crippen LogP contribution < -0.4 is 0 Å². The van der Waals surface area contributed by atoms with Gasteiger partial charge in [0.1, 0.15) is 5.58 Å². The number of fused-ring (bicyclic) bond motifs is 1. The number of carbonyl (C=O) groups is 2. The fourth-order valence-corrected chi connectivity index (χ4v) is 3.65. The first kappa shape index (κ1) is 17.5. The van der Waals surface area contributed by atoms with Crippen LogP contribution in [0.3, 0.4) is 0 Å². The summed E-state index contributed by atoms with van der Waals surface area (Å²) >= 11 is 0. The van der Waals surface area contributed by atoms with E-state index in [4.69, 9.17) is 9.52 Å². The minimum atomic E-state index is -0.760. The Morgan fingerprint density at radius 3 is 2.56 bits per heavy atom. The van der Waals surface area contributed by atoms with E-state index in [1.165, 1.54) is 11.1 Å². The first-order valence-electron chi connectivity index (χ1n) is 8.88. The van der Waals surface area contributed by atoms with Gasteiger partial charge in [0.25, 0.3) is 0 Å². The van der Waals surface area contributed by atoms with Crippen LogP contribution in [0, 0.1) is 12.8 Å². The zero-order chi connectivity index (χ0) is 18.1. The number of aryl methyl sites for hydroxylation is 1. The van der Waals surface area contributed by atoms with E-state index in [9.17, 15) is 9.59 Å². The number of furan rings is 1. The van der Waals surface area contributed by atoms with Crippen LogP contribution in [0.4, 0.5) is 0 Å². The maximum Gasteiger partial charge on any atom is 0.306 e. The van der Waals surface area contributed by atoms with Crippen LogP contribution in [-0.2, 0) is 16.0 Å². The predicted octanol–water partition coefficient (Wildman–Crippen LogP) is 3.73. The third kappa shape index (κ3) is 3.55. The molecule has 1 aromatic heterocycles. The zero-order valence-electron chi connectivity index (χ0n) is 15.0. The van der Waals surface area contributed by atoms with Crippen LogP contribution in [0.5, 0.6) is 0 Å². The molecule has 1 saturated heterocycles. The van der Waals surface area contributed by atoms with Crippen molar-refractivity contribution in [1.29, 1.82) is 0 Å². The molecular weight excluding hydrogens is 318 g/mol. The summed E-state index contributed by atoms with van der Waals surface area (Å²) in [5, 5.41) is 10.1. The highest BCUT2D eigenvalue weighted by Gasteiger charge is 2.27. The Bertz CT molecular complexity index is 797. The van der Waals surface area contributed by atoms with Gasteiger partial charge in [-0.25, -0.2) is 0 Å². The number of benzene rings is 1. The van der Waals surface area contributed by atoms with Gasteiger partial charge in [0.15, 0.2) is 0 Å². The second-order valence-electron chi connectivity index (χ2n) is 7.29. The fraction of sp³-hybridized carbons (Fsp3) is 0.500. The number of piperidine rings is 1. The van der Waals surface area contributed by atoms with Gasteiger partial charge in [-0.1, -0.05) is 13.8 Å². The molecule has 5 heteroatoms. The number of hydrogen-bond donors (Lipinski definition) is 1. The van der Waals surface area contributed by atoms with Gasteiger partial charge in [-0.2, -0.15) is 0 Å². The molecule has 3 rings (SSSR count). The molecule has 0 aliphatic carbocycles. The molecule has 5 nitrogen and oxygen atoms in total. The lowest BCUT2D eigenvalue weighted by Crippen LogP contribution is -2.40. The summed E-state index contributed by atoms with van der Waals surface area (Å²) in [6, 6.07) is 4.18. The monoisotopic (exact) mass is 343 g/mol. The van der Waals surface area contributed by atoms with Crippen molar-refractivity contribution in [3.8, 4) is 0 Å². The predicted molar refractivity (Wildman–Crippen MR) is 95.7 cm³/mol. The van der Waals surface area contributed by atoms with Gasteiger partial charge in [-0.3, -0.25) is 9.59 Å². The number of hydrogen-bond acceptors (Lipinski definition) is 3. The summed E-state index contributed by atoms with van der Waals surface area (Å²) in [6.07, 6.45) is 3.04. The summed E-state index contributed by atoms with van der Waals surface area (Å²) in [5.74, 6) is -0.629. The Hall–Kier alpha value is -2.30. The van der Waals surface area contributed by atoms with E-state index in [1.807, 2.05) is 6.07 Å². The van der Waals surface area contributed by atoms with Crippen LogP contribution in [0.25, 0.3) is 11.0 Å². The molecule has 2 aromatic rings. The molecule has 1 aliphatic heterocycles. The Morgan fingerprint density at radius 2 is 1.96 bits per heavy atom. The van der Waals surface area contributed by atoms with Crippen LogP contribution in [0.2, 0.25) is 0 Å². The average Bonchev–Trinajstić information content (AvgIpc) is 2.95. The molecular formula is C20H25NO4. The highest BCUT2D eigenvalue weighted by atomic mass is 16.4. The number of amides is 1. The number of carbonyl (C=O) groups excluding carboxylic acids is 1. The third-order valence-corrected chi connectivity index (χ3v) is 5.20. The van der Waals surface area contributed by atoms with Crippen molar-refractivity contribution in [3.05, 3.63) is 35.1 Å². The van der Waals surface area contributed by atoms with Crippen molar-refractivity contribution in [2.75, 3.05) is 13.1 Å². The first-order valence-corrected chi connectivity index (χ1v) is 8.88. The number of nitrogens with zero attached hydrogens (tertiary/aromatic N) is 1. The molecule has 0 atom stereocenters. The van der Waals surface area contributed by atoms with Gasteiger partial charge < -0.3 is 14.4 Å². The molecule has 0 saturated carbocycles. The maximum absolute atomic E-state index is 12.6. The minimum Gasteiger partial charge on any atom is -0.481 e. The molecule has 134 valence electrons. The van der Waals surface area contributed by atoms with Gasteiger partial charge in [0.2, 0.25) is 5.91 Å². The topological polar surface area (TPSA) is 70.8 Å². The van der Waals surface area contributed by atoms with Gasteiger partial charge in [-0.15, -0.1) is 0 Å². The number of carboxylic acids is 1. The number of likely N-dealkylation sites (tertiary alicyclic amines) is 1. The number of carboxylic acid groups (broad SMARTS) is 1. The summed E-state index contributed by atoms with van der Waals surface area (Å²) in [4.78, 5) is 25.4. The van der Waals surface area contributed by atoms with E-state index in [0.717, 1.165) is 16.5 Å². The van der Waals surface area contributed by atoms with E-state index in [2.05, 4.69) is 26.8 Å². The number of aliphatic carboxylic acids is 1. The SMILES string of the molecule is Cc1cc2occ(CC(=O)N3CCC(C(=O)O)CC3)c2cc1C(C)C. The molecule has 1 aliphatic rings. The summed E-state index contributed by atoms with van der Waals surface area (Å²) in [6.45, 7) is 7.43. The fourth-order valence-electron chi connectivity index (χ4n) is 3.65. The van der Waals surface area contributed by atoms with Crippen molar-refractivity contribution >= 4 is 22.8 Å². The molecule has 1 amide bonds. The molecule has 25 heavy (non-hydrogen) atoms. The van der Waals surface area contributed by atoms with Gasteiger partial charge >= 0.3 is 5.97 Å². The van der Waals surface area contributed by atoms with Crippen molar-refractivity contribution < 1.29 is 19.1 Å². The van der Waals surface area contributed by atoms with E-state index >= 15 is 0 Å². The second-order valence-corrected chi connectivity index (χ2v) is 7.29. The molecule has 0 unspecified atom stereocenters. The third-order valence-electron chi connectivity index (χ3n) is 5.20. The molecule has 0 radical (unpaired) electrons. The Balaban J connectivity index is 1.76. The summed E-state index contributed by atoms with van der Waals surface area (Å²) < 4.78 is 5.65. The van der Waals surface area contributed by atoms with Crippen LogP contribution in [0.15, 0.2) is 22.8 Å². The van der Waals surface area contributed by atoms with Crippen LogP contribution in [-0.4, -0.2) is 35.0 Å². The largest absolute Gasteiger partial charge is 0.481 e. The van der Waals surface area contributed by atoms with Crippen LogP contribution in [0.1, 0.15) is 49.3 Å². The highest BCUT2D eigenvalue weighted by molar-refractivity contribution is 5.88. The van der Waals surface area contributed by atoms with E-state index < -0.39 is 5.97 Å². The van der Waals surface area contributed by atoms with E-state index in [1.54, 1.807) is 11.2 Å². The Kier molecular flexibility index (Phi) is 4.84. The van der Waals surface area contributed by atoms with Crippen molar-refractivity contribution in [2.45, 2.75) is 46.0 Å². The summed E-state index contributed by atoms with van der Waals surface area (Å²) in [7, 11) is 0. The quantitative estimate of drug-likeness (QED) is 0.918. The molecule has 0 bridgehead atoms. The molecule has 0 spiro atoms. The first-order chi connectivity index (χ1) is 11.9. The van der Waals surface area contributed by atoms with Gasteiger partial charge in [-0.05, 0) is 48.9 Å². The van der Waals surface area contributed by atoms with Crippen molar-refractivity contribution in [2.24, 2.45) is 5.92 Å².